The van der Waals surface area contributed by atoms with Crippen LogP contribution in [0.2, 0.25) is 0 Å². The molecule has 2 fully saturated rings. The van der Waals surface area contributed by atoms with E-state index in [1.807, 2.05) is 25.7 Å². The summed E-state index contributed by atoms with van der Waals surface area (Å²) >= 11 is 0. The molecule has 4 heteroatoms. The van der Waals surface area contributed by atoms with Crippen LogP contribution in [0.25, 0.3) is 0 Å². The smallest absolute Gasteiger partial charge is 0.249 e. The van der Waals surface area contributed by atoms with E-state index in [9.17, 15) is 9.59 Å². The lowest BCUT2D eigenvalue weighted by molar-refractivity contribution is -0.162. The maximum atomic E-state index is 13.2. The number of nitrogens with zero attached hydrogens (tertiary/aromatic N) is 1. The Kier molecular flexibility index (Phi) is 4.36. The summed E-state index contributed by atoms with van der Waals surface area (Å²) in [7, 11) is 0. The average molecular weight is 294 g/mol. The highest BCUT2D eigenvalue weighted by molar-refractivity contribution is 5.99. The Hall–Kier alpha value is -1.06. The second-order valence-corrected chi connectivity index (χ2v) is 7.42. The van der Waals surface area contributed by atoms with E-state index in [0.717, 1.165) is 19.3 Å². The van der Waals surface area contributed by atoms with E-state index in [1.165, 1.54) is 6.42 Å². The summed E-state index contributed by atoms with van der Waals surface area (Å²) in [6.07, 6.45) is 5.83. The van der Waals surface area contributed by atoms with Crippen LogP contribution in [0.3, 0.4) is 0 Å². The molecule has 1 saturated heterocycles. The number of carbonyl (C=O) groups excluding carboxylic acids is 2. The fourth-order valence-corrected chi connectivity index (χ4v) is 4.08. The second-order valence-electron chi connectivity index (χ2n) is 7.42. The van der Waals surface area contributed by atoms with E-state index < -0.39 is 5.54 Å². The predicted molar refractivity (Wildman–Crippen MR) is 83.8 cm³/mol. The van der Waals surface area contributed by atoms with Crippen molar-refractivity contribution < 1.29 is 9.59 Å². The lowest BCUT2D eigenvalue weighted by atomic mass is 9.71. The van der Waals surface area contributed by atoms with Gasteiger partial charge in [-0.05, 0) is 38.0 Å². The molecule has 0 bridgehead atoms. The van der Waals surface area contributed by atoms with Crippen LogP contribution >= 0.6 is 0 Å². The van der Waals surface area contributed by atoms with Crippen LogP contribution in [-0.2, 0) is 9.59 Å². The molecule has 21 heavy (non-hydrogen) atoms. The number of rotatable bonds is 3. The normalized spacial score (nSPS) is 32.0. The first kappa shape index (κ1) is 16.3. The molecule has 0 aromatic rings. The molecule has 1 aliphatic heterocycles. The molecule has 2 unspecified atom stereocenters. The van der Waals surface area contributed by atoms with Crippen LogP contribution in [0.4, 0.5) is 0 Å². The summed E-state index contributed by atoms with van der Waals surface area (Å²) in [4.78, 5) is 27.5. The van der Waals surface area contributed by atoms with Crippen LogP contribution in [-0.4, -0.2) is 34.3 Å². The third-order valence-electron chi connectivity index (χ3n) is 5.80. The molecule has 0 aromatic carbocycles. The Labute approximate surface area is 128 Å². The minimum Gasteiger partial charge on any atom is -0.340 e. The number of hydrogen-bond acceptors (Lipinski definition) is 2. The lowest BCUT2D eigenvalue weighted by Gasteiger charge is -2.53. The predicted octanol–water partition coefficient (Wildman–Crippen LogP) is 2.86. The van der Waals surface area contributed by atoms with E-state index in [0.29, 0.717) is 12.8 Å². The first-order chi connectivity index (χ1) is 9.79. The van der Waals surface area contributed by atoms with Crippen molar-refractivity contribution in [3.8, 4) is 0 Å². The van der Waals surface area contributed by atoms with Crippen LogP contribution in [0.1, 0.15) is 73.1 Å². The van der Waals surface area contributed by atoms with Gasteiger partial charge in [-0.1, -0.05) is 40.5 Å². The maximum Gasteiger partial charge on any atom is 0.249 e. The van der Waals surface area contributed by atoms with Crippen molar-refractivity contribution in [1.29, 1.82) is 0 Å². The molecule has 1 aliphatic carbocycles. The molecule has 0 spiro atoms. The van der Waals surface area contributed by atoms with Gasteiger partial charge in [0.25, 0.3) is 0 Å². The molecule has 0 aromatic heterocycles. The lowest BCUT2D eigenvalue weighted by Crippen LogP contribution is -2.72. The highest BCUT2D eigenvalue weighted by atomic mass is 16.2. The number of hydrogen-bond donors (Lipinski definition) is 1. The quantitative estimate of drug-likeness (QED) is 0.870. The summed E-state index contributed by atoms with van der Waals surface area (Å²) in [5, 5.41) is 3.00. The standard InChI is InChI=1S/C17H30N2O2/c1-6-17(7-2)15(21)19(12(3)14(20)18-17)13-10-8-9-11-16(13,4)5/h12-13H,6-11H2,1-5H3,(H,18,20). The molecule has 1 heterocycles. The minimum atomic E-state index is -0.697. The Morgan fingerprint density at radius 3 is 2.33 bits per heavy atom. The number of piperazine rings is 1. The van der Waals surface area contributed by atoms with E-state index in [4.69, 9.17) is 0 Å². The number of carbonyl (C=O) groups is 2. The van der Waals surface area contributed by atoms with Crippen molar-refractivity contribution in [3.63, 3.8) is 0 Å². The van der Waals surface area contributed by atoms with E-state index in [-0.39, 0.29) is 29.3 Å². The molecule has 0 radical (unpaired) electrons. The Balaban J connectivity index is 2.39. The third-order valence-corrected chi connectivity index (χ3v) is 5.80. The van der Waals surface area contributed by atoms with Gasteiger partial charge in [-0.15, -0.1) is 0 Å². The molecule has 2 amide bonds. The van der Waals surface area contributed by atoms with Crippen molar-refractivity contribution in [2.24, 2.45) is 5.41 Å². The molecular formula is C17H30N2O2. The average Bonchev–Trinajstić information content (AvgIpc) is 2.45. The molecule has 2 aliphatic rings. The molecule has 4 nitrogen and oxygen atoms in total. The molecule has 2 rings (SSSR count). The van der Waals surface area contributed by atoms with Crippen LogP contribution < -0.4 is 5.32 Å². The first-order valence-electron chi connectivity index (χ1n) is 8.44. The van der Waals surface area contributed by atoms with Gasteiger partial charge in [0.05, 0.1) is 0 Å². The first-order valence-corrected chi connectivity index (χ1v) is 8.44. The molecular weight excluding hydrogens is 264 g/mol. The van der Waals surface area contributed by atoms with Crippen molar-refractivity contribution in [2.75, 3.05) is 0 Å². The summed E-state index contributed by atoms with van der Waals surface area (Å²) in [6.45, 7) is 10.3. The zero-order chi connectivity index (χ0) is 15.8. The van der Waals surface area contributed by atoms with E-state index >= 15 is 0 Å². The van der Waals surface area contributed by atoms with Crippen LogP contribution in [0, 0.1) is 5.41 Å². The summed E-state index contributed by atoms with van der Waals surface area (Å²) < 4.78 is 0. The highest BCUT2D eigenvalue weighted by Crippen LogP contribution is 2.41. The molecule has 120 valence electrons. The van der Waals surface area contributed by atoms with Gasteiger partial charge in [-0.3, -0.25) is 9.59 Å². The largest absolute Gasteiger partial charge is 0.340 e. The van der Waals surface area contributed by atoms with Gasteiger partial charge in [0.2, 0.25) is 11.8 Å². The van der Waals surface area contributed by atoms with Crippen molar-refractivity contribution in [2.45, 2.75) is 90.8 Å². The van der Waals surface area contributed by atoms with E-state index in [2.05, 4.69) is 19.2 Å². The van der Waals surface area contributed by atoms with Gasteiger partial charge < -0.3 is 10.2 Å². The van der Waals surface area contributed by atoms with Crippen molar-refractivity contribution in [1.82, 2.24) is 10.2 Å². The van der Waals surface area contributed by atoms with Gasteiger partial charge in [0, 0.05) is 6.04 Å². The SMILES string of the molecule is CCC1(CC)NC(=O)C(C)N(C2CCCCC2(C)C)C1=O. The van der Waals surface area contributed by atoms with E-state index in [1.54, 1.807) is 0 Å². The van der Waals surface area contributed by atoms with Gasteiger partial charge >= 0.3 is 0 Å². The number of amides is 2. The summed E-state index contributed by atoms with van der Waals surface area (Å²) in [6, 6.07) is -0.177. The zero-order valence-corrected chi connectivity index (χ0v) is 14.2. The second kappa shape index (κ2) is 5.62. The van der Waals surface area contributed by atoms with Crippen LogP contribution in [0.15, 0.2) is 0 Å². The van der Waals surface area contributed by atoms with Gasteiger partial charge in [-0.2, -0.15) is 0 Å². The third kappa shape index (κ3) is 2.58. The topological polar surface area (TPSA) is 49.4 Å². The Morgan fingerprint density at radius 1 is 1.19 bits per heavy atom. The molecule has 2 atom stereocenters. The van der Waals surface area contributed by atoms with Crippen LogP contribution in [0.5, 0.6) is 0 Å². The summed E-state index contributed by atoms with van der Waals surface area (Å²) in [5.74, 6) is 0.124. The Bertz CT molecular complexity index is 427. The van der Waals surface area contributed by atoms with Gasteiger partial charge in [0.1, 0.15) is 11.6 Å². The fraction of sp³-hybridized carbons (Fsp3) is 0.882. The van der Waals surface area contributed by atoms with Crippen molar-refractivity contribution in [3.05, 3.63) is 0 Å². The monoisotopic (exact) mass is 294 g/mol. The zero-order valence-electron chi connectivity index (χ0n) is 14.2. The summed E-state index contributed by atoms with van der Waals surface area (Å²) in [5.41, 5.74) is -0.607. The number of nitrogens with one attached hydrogen (secondary N) is 1. The minimum absolute atomic E-state index is 0.000302. The van der Waals surface area contributed by atoms with Crippen molar-refractivity contribution >= 4 is 11.8 Å². The van der Waals surface area contributed by atoms with Gasteiger partial charge in [-0.25, -0.2) is 0 Å². The van der Waals surface area contributed by atoms with Gasteiger partial charge in [0.15, 0.2) is 0 Å². The highest BCUT2D eigenvalue weighted by Gasteiger charge is 2.52. The molecule has 1 saturated carbocycles. The molecule has 1 N–H and O–H groups in total. The fourth-order valence-electron chi connectivity index (χ4n) is 4.08. The Morgan fingerprint density at radius 2 is 1.81 bits per heavy atom. The maximum absolute atomic E-state index is 13.2.